The fraction of sp³-hybridized carbons (Fsp3) is 0.133. The van der Waals surface area contributed by atoms with E-state index in [0.717, 1.165) is 11.1 Å². The maximum atomic E-state index is 12.5. The highest BCUT2D eigenvalue weighted by molar-refractivity contribution is 5.97. The molecule has 1 atom stereocenters. The Morgan fingerprint density at radius 1 is 1.10 bits per heavy atom. The number of alkyl halides is 1. The lowest BCUT2D eigenvalue weighted by atomic mass is 10.0. The molecule has 0 saturated heterocycles. The van der Waals surface area contributed by atoms with Gasteiger partial charge in [0, 0.05) is 18.0 Å². The Bertz CT molecular complexity index is 629. The summed E-state index contributed by atoms with van der Waals surface area (Å²) in [4.78, 5) is 26.4. The number of aromatic nitrogens is 1. The summed E-state index contributed by atoms with van der Waals surface area (Å²) in [5, 5.41) is 10.8. The lowest BCUT2D eigenvalue weighted by Gasteiger charge is -2.11. The van der Waals surface area contributed by atoms with Gasteiger partial charge < -0.3 is 10.4 Å². The molecule has 1 amide bonds. The van der Waals surface area contributed by atoms with Gasteiger partial charge in [0.05, 0.1) is 0 Å². The molecule has 2 N–H and O–H groups in total. The standard InChI is InChI=1S/C15H13FN2O3/c16-9-13(15(20)21)18-14(19)12-3-1-10(2-4-12)11-5-7-17-8-6-11/h1-8,13H,9H2,(H,18,19)(H,20,21)/t13-/m1/s1. The number of nitrogens with zero attached hydrogens (tertiary/aromatic N) is 1. The number of benzene rings is 1. The number of carboxylic acid groups (broad SMARTS) is 1. The number of pyridine rings is 1. The highest BCUT2D eigenvalue weighted by Gasteiger charge is 2.20. The smallest absolute Gasteiger partial charge is 0.328 e. The second-order valence-corrected chi connectivity index (χ2v) is 4.33. The first-order valence-electron chi connectivity index (χ1n) is 6.22. The van der Waals surface area contributed by atoms with E-state index in [0.29, 0.717) is 0 Å². The molecule has 0 aliphatic carbocycles. The molecule has 2 aromatic rings. The summed E-state index contributed by atoms with van der Waals surface area (Å²) in [5.41, 5.74) is 2.12. The number of halogens is 1. The Morgan fingerprint density at radius 3 is 2.19 bits per heavy atom. The number of carbonyl (C=O) groups excluding carboxylic acids is 1. The quantitative estimate of drug-likeness (QED) is 0.880. The van der Waals surface area contributed by atoms with Gasteiger partial charge >= 0.3 is 5.97 Å². The van der Waals surface area contributed by atoms with Gasteiger partial charge in [0.25, 0.3) is 5.91 Å². The molecule has 5 nitrogen and oxygen atoms in total. The first-order valence-corrected chi connectivity index (χ1v) is 6.22. The van der Waals surface area contributed by atoms with Gasteiger partial charge in [0.1, 0.15) is 6.67 Å². The highest BCUT2D eigenvalue weighted by atomic mass is 19.1. The van der Waals surface area contributed by atoms with Gasteiger partial charge in [-0.2, -0.15) is 0 Å². The Labute approximate surface area is 120 Å². The van der Waals surface area contributed by atoms with E-state index in [4.69, 9.17) is 5.11 Å². The molecule has 0 bridgehead atoms. The Morgan fingerprint density at radius 2 is 1.67 bits per heavy atom. The molecule has 0 radical (unpaired) electrons. The van der Waals surface area contributed by atoms with Crippen molar-refractivity contribution in [1.29, 1.82) is 0 Å². The molecule has 2 rings (SSSR count). The minimum Gasteiger partial charge on any atom is -0.480 e. The SMILES string of the molecule is O=C(N[C@H](CF)C(=O)O)c1ccc(-c2ccncc2)cc1. The maximum Gasteiger partial charge on any atom is 0.328 e. The number of aliphatic carboxylic acids is 1. The van der Waals surface area contributed by atoms with Crippen LogP contribution >= 0.6 is 0 Å². The van der Waals surface area contributed by atoms with Crippen molar-refractivity contribution in [2.45, 2.75) is 6.04 Å². The first-order chi connectivity index (χ1) is 10.1. The van der Waals surface area contributed by atoms with Gasteiger partial charge in [-0.15, -0.1) is 0 Å². The van der Waals surface area contributed by atoms with E-state index >= 15 is 0 Å². The zero-order valence-corrected chi connectivity index (χ0v) is 11.0. The van der Waals surface area contributed by atoms with Crippen LogP contribution in [0.15, 0.2) is 48.8 Å². The van der Waals surface area contributed by atoms with E-state index in [2.05, 4.69) is 10.3 Å². The Hall–Kier alpha value is -2.76. The van der Waals surface area contributed by atoms with Gasteiger partial charge in [-0.25, -0.2) is 9.18 Å². The molecular formula is C15H13FN2O3. The third-order valence-electron chi connectivity index (χ3n) is 2.92. The van der Waals surface area contributed by atoms with Crippen molar-refractivity contribution in [3.05, 3.63) is 54.4 Å². The second-order valence-electron chi connectivity index (χ2n) is 4.33. The molecule has 1 aromatic carbocycles. The highest BCUT2D eigenvalue weighted by Crippen LogP contribution is 2.18. The summed E-state index contributed by atoms with van der Waals surface area (Å²) in [7, 11) is 0. The fourth-order valence-corrected chi connectivity index (χ4v) is 1.77. The van der Waals surface area contributed by atoms with Crippen LogP contribution in [0.4, 0.5) is 4.39 Å². The van der Waals surface area contributed by atoms with E-state index in [-0.39, 0.29) is 5.56 Å². The molecule has 0 spiro atoms. The monoisotopic (exact) mass is 288 g/mol. The average Bonchev–Trinajstić information content (AvgIpc) is 2.53. The number of nitrogens with one attached hydrogen (secondary N) is 1. The molecule has 1 aromatic heterocycles. The van der Waals surface area contributed by atoms with Crippen LogP contribution in [-0.2, 0) is 4.79 Å². The largest absolute Gasteiger partial charge is 0.480 e. The van der Waals surface area contributed by atoms with Crippen LogP contribution in [0.1, 0.15) is 10.4 Å². The summed E-state index contributed by atoms with van der Waals surface area (Å²) >= 11 is 0. The topological polar surface area (TPSA) is 79.3 Å². The summed E-state index contributed by atoms with van der Waals surface area (Å²) < 4.78 is 12.5. The normalized spacial score (nSPS) is 11.7. The molecule has 0 aliphatic heterocycles. The molecule has 108 valence electrons. The van der Waals surface area contributed by atoms with Gasteiger partial charge in [-0.1, -0.05) is 12.1 Å². The molecule has 0 unspecified atom stereocenters. The molecule has 0 saturated carbocycles. The molecule has 6 heteroatoms. The Balaban J connectivity index is 2.12. The van der Waals surface area contributed by atoms with Crippen LogP contribution in [0.3, 0.4) is 0 Å². The molecule has 21 heavy (non-hydrogen) atoms. The zero-order chi connectivity index (χ0) is 15.2. The predicted molar refractivity (Wildman–Crippen MR) is 74.5 cm³/mol. The lowest BCUT2D eigenvalue weighted by Crippen LogP contribution is -2.42. The van der Waals surface area contributed by atoms with Crippen molar-refractivity contribution in [2.24, 2.45) is 0 Å². The van der Waals surface area contributed by atoms with Crippen molar-refractivity contribution in [2.75, 3.05) is 6.67 Å². The molecule has 0 aliphatic rings. The fourth-order valence-electron chi connectivity index (χ4n) is 1.77. The average molecular weight is 288 g/mol. The van der Waals surface area contributed by atoms with Crippen molar-refractivity contribution in [3.63, 3.8) is 0 Å². The lowest BCUT2D eigenvalue weighted by molar-refractivity contribution is -0.139. The van der Waals surface area contributed by atoms with Crippen LogP contribution in [0.5, 0.6) is 0 Å². The molecular weight excluding hydrogens is 275 g/mol. The van der Waals surface area contributed by atoms with Crippen molar-refractivity contribution < 1.29 is 19.1 Å². The van der Waals surface area contributed by atoms with E-state index in [1.54, 1.807) is 36.7 Å². The van der Waals surface area contributed by atoms with Gasteiger partial charge in [-0.3, -0.25) is 9.78 Å². The van der Waals surface area contributed by atoms with E-state index in [9.17, 15) is 14.0 Å². The number of hydrogen-bond acceptors (Lipinski definition) is 3. The summed E-state index contributed by atoms with van der Waals surface area (Å²) in [6.45, 7) is -1.16. The van der Waals surface area contributed by atoms with Crippen molar-refractivity contribution >= 4 is 11.9 Å². The second kappa shape index (κ2) is 6.60. The van der Waals surface area contributed by atoms with Crippen molar-refractivity contribution in [3.8, 4) is 11.1 Å². The van der Waals surface area contributed by atoms with E-state index in [1.165, 1.54) is 0 Å². The third kappa shape index (κ3) is 3.62. The van der Waals surface area contributed by atoms with Gasteiger partial charge in [-0.05, 0) is 35.4 Å². The summed E-state index contributed by atoms with van der Waals surface area (Å²) in [6, 6.07) is 8.71. The van der Waals surface area contributed by atoms with Crippen LogP contribution in [0, 0.1) is 0 Å². The molecule has 1 heterocycles. The first kappa shape index (κ1) is 14.6. The number of hydrogen-bond donors (Lipinski definition) is 2. The van der Waals surface area contributed by atoms with Gasteiger partial charge in [0.15, 0.2) is 6.04 Å². The van der Waals surface area contributed by atoms with Crippen LogP contribution in [0.2, 0.25) is 0 Å². The predicted octanol–water partition coefficient (Wildman–Crippen LogP) is 1.90. The Kier molecular flexibility index (Phi) is 4.61. The molecule has 0 fully saturated rings. The number of carboxylic acids is 1. The maximum absolute atomic E-state index is 12.5. The zero-order valence-electron chi connectivity index (χ0n) is 11.0. The third-order valence-corrected chi connectivity index (χ3v) is 2.92. The van der Waals surface area contributed by atoms with E-state index in [1.807, 2.05) is 12.1 Å². The van der Waals surface area contributed by atoms with Gasteiger partial charge in [0.2, 0.25) is 0 Å². The summed E-state index contributed by atoms with van der Waals surface area (Å²) in [6.07, 6.45) is 3.32. The van der Waals surface area contributed by atoms with Crippen LogP contribution in [-0.4, -0.2) is 34.7 Å². The minimum atomic E-state index is -1.53. The number of rotatable bonds is 5. The van der Waals surface area contributed by atoms with Crippen LogP contribution in [0.25, 0.3) is 11.1 Å². The van der Waals surface area contributed by atoms with E-state index < -0.39 is 24.6 Å². The minimum absolute atomic E-state index is 0.271. The van der Waals surface area contributed by atoms with Crippen molar-refractivity contribution in [1.82, 2.24) is 10.3 Å². The summed E-state index contributed by atoms with van der Waals surface area (Å²) in [5.74, 6) is -2.03. The van der Waals surface area contributed by atoms with Crippen LogP contribution < -0.4 is 5.32 Å². The number of amides is 1. The number of carbonyl (C=O) groups is 2.